The van der Waals surface area contributed by atoms with Crippen molar-refractivity contribution < 1.29 is 23.5 Å². The number of carbonyl (C=O) groups is 3. The van der Waals surface area contributed by atoms with Gasteiger partial charge in [-0.05, 0) is 51.3 Å². The third kappa shape index (κ3) is 8.50. The van der Waals surface area contributed by atoms with Crippen molar-refractivity contribution in [2.45, 2.75) is 58.1 Å². The van der Waals surface area contributed by atoms with Gasteiger partial charge >= 0.3 is 6.09 Å². The summed E-state index contributed by atoms with van der Waals surface area (Å²) in [5.74, 6) is -0.537. The van der Waals surface area contributed by atoms with Gasteiger partial charge in [-0.3, -0.25) is 9.59 Å². The van der Waals surface area contributed by atoms with Crippen LogP contribution in [0.2, 0.25) is 0 Å². The maximum Gasteiger partial charge on any atom is 0.407 e. The van der Waals surface area contributed by atoms with Crippen LogP contribution in [0, 0.1) is 5.82 Å². The fourth-order valence-electron chi connectivity index (χ4n) is 3.10. The van der Waals surface area contributed by atoms with Crippen molar-refractivity contribution in [3.8, 4) is 0 Å². The summed E-state index contributed by atoms with van der Waals surface area (Å²) in [7, 11) is 0. The summed E-state index contributed by atoms with van der Waals surface area (Å²) in [6.45, 7) is 6.62. The number of hydrogen-bond acceptors (Lipinski definition) is 4. The first-order valence-corrected chi connectivity index (χ1v) is 9.91. The number of piperidine rings is 1. The van der Waals surface area contributed by atoms with Gasteiger partial charge in [-0.25, -0.2) is 9.18 Å². The molecule has 0 aromatic heterocycles. The number of nitrogens with zero attached hydrogens (tertiary/aromatic N) is 1. The molecule has 8 heteroatoms. The van der Waals surface area contributed by atoms with E-state index in [1.165, 1.54) is 12.1 Å². The summed E-state index contributed by atoms with van der Waals surface area (Å²) >= 11 is 0. The minimum atomic E-state index is -0.577. The van der Waals surface area contributed by atoms with Crippen LogP contribution in [0.1, 0.15) is 45.6 Å². The summed E-state index contributed by atoms with van der Waals surface area (Å²) in [5.41, 5.74) is 0.0785. The Labute approximate surface area is 171 Å². The van der Waals surface area contributed by atoms with Crippen molar-refractivity contribution in [1.29, 1.82) is 0 Å². The molecular weight excluding hydrogens is 377 g/mol. The van der Waals surface area contributed by atoms with E-state index in [-0.39, 0.29) is 43.1 Å². The van der Waals surface area contributed by atoms with E-state index in [0.717, 1.165) is 0 Å². The third-order valence-electron chi connectivity index (χ3n) is 4.48. The van der Waals surface area contributed by atoms with Crippen LogP contribution in [0.15, 0.2) is 24.3 Å². The number of benzene rings is 1. The third-order valence-corrected chi connectivity index (χ3v) is 4.48. The zero-order chi connectivity index (χ0) is 21.4. The molecule has 1 aromatic carbocycles. The van der Waals surface area contributed by atoms with E-state index in [9.17, 15) is 18.8 Å². The van der Waals surface area contributed by atoms with Gasteiger partial charge in [-0.2, -0.15) is 0 Å². The van der Waals surface area contributed by atoms with Crippen LogP contribution in [0.3, 0.4) is 0 Å². The van der Waals surface area contributed by atoms with E-state index < -0.39 is 11.7 Å². The molecule has 2 N–H and O–H groups in total. The Balaban J connectivity index is 1.65. The Morgan fingerprint density at radius 1 is 1.21 bits per heavy atom. The molecule has 1 fully saturated rings. The van der Waals surface area contributed by atoms with Gasteiger partial charge in [-0.15, -0.1) is 0 Å². The second-order valence-corrected chi connectivity index (χ2v) is 8.21. The Morgan fingerprint density at radius 3 is 2.52 bits per heavy atom. The van der Waals surface area contributed by atoms with Crippen molar-refractivity contribution in [2.75, 3.05) is 19.6 Å². The van der Waals surface area contributed by atoms with Crippen molar-refractivity contribution >= 4 is 17.9 Å². The number of hydrogen-bond donors (Lipinski definition) is 2. The number of alkyl carbamates (subject to hydrolysis) is 1. The van der Waals surface area contributed by atoms with Crippen molar-refractivity contribution in [1.82, 2.24) is 15.5 Å². The number of carbonyl (C=O) groups excluding carboxylic acids is 3. The monoisotopic (exact) mass is 407 g/mol. The topological polar surface area (TPSA) is 87.7 Å². The minimum Gasteiger partial charge on any atom is -0.444 e. The van der Waals surface area contributed by atoms with E-state index >= 15 is 0 Å². The predicted octanol–water partition coefficient (Wildman–Crippen LogP) is 2.39. The summed E-state index contributed by atoms with van der Waals surface area (Å²) < 4.78 is 18.4. The molecule has 29 heavy (non-hydrogen) atoms. The van der Waals surface area contributed by atoms with Gasteiger partial charge in [0, 0.05) is 32.1 Å². The molecule has 2 rings (SSSR count). The summed E-state index contributed by atoms with van der Waals surface area (Å²) in [6, 6.07) is 6.06. The largest absolute Gasteiger partial charge is 0.444 e. The zero-order valence-corrected chi connectivity index (χ0v) is 17.3. The molecule has 0 atom stereocenters. The summed E-state index contributed by atoms with van der Waals surface area (Å²) in [4.78, 5) is 37.7. The Hall–Kier alpha value is -2.64. The molecule has 1 aliphatic heterocycles. The maximum atomic E-state index is 13.2. The molecule has 7 nitrogen and oxygen atoms in total. The van der Waals surface area contributed by atoms with E-state index in [2.05, 4.69) is 10.6 Å². The van der Waals surface area contributed by atoms with E-state index in [1.807, 2.05) is 0 Å². The van der Waals surface area contributed by atoms with Gasteiger partial charge in [0.1, 0.15) is 11.4 Å². The normalized spacial score (nSPS) is 15.0. The Morgan fingerprint density at radius 2 is 1.90 bits per heavy atom. The Kier molecular flexibility index (Phi) is 7.99. The molecule has 0 radical (unpaired) electrons. The maximum absolute atomic E-state index is 13.2. The molecule has 160 valence electrons. The summed E-state index contributed by atoms with van der Waals surface area (Å²) in [6.07, 6.45) is 1.12. The molecule has 0 saturated carbocycles. The van der Waals surface area contributed by atoms with Crippen LogP contribution in [0.4, 0.5) is 9.18 Å². The fraction of sp³-hybridized carbons (Fsp3) is 0.571. The highest BCUT2D eigenvalue weighted by Crippen LogP contribution is 2.13. The molecule has 3 amide bonds. The first-order valence-electron chi connectivity index (χ1n) is 9.91. The molecule has 0 spiro atoms. The molecular formula is C21H30FN3O4. The molecule has 1 saturated heterocycles. The lowest BCUT2D eigenvalue weighted by Gasteiger charge is -2.32. The quantitative estimate of drug-likeness (QED) is 0.758. The highest BCUT2D eigenvalue weighted by atomic mass is 19.1. The highest BCUT2D eigenvalue weighted by molar-refractivity contribution is 5.79. The number of ether oxygens (including phenoxy) is 1. The van der Waals surface area contributed by atoms with Crippen LogP contribution >= 0.6 is 0 Å². The zero-order valence-electron chi connectivity index (χ0n) is 17.3. The lowest BCUT2D eigenvalue weighted by atomic mass is 10.0. The number of amides is 3. The van der Waals surface area contributed by atoms with Gasteiger partial charge in [0.25, 0.3) is 0 Å². The number of halogens is 1. The SMILES string of the molecule is CC(C)(C)OC(=O)NCCC(=O)NC1CCN(C(=O)Cc2cccc(F)c2)CC1. The Bertz CT molecular complexity index is 725. The molecule has 1 heterocycles. The van der Waals surface area contributed by atoms with E-state index in [1.54, 1.807) is 37.8 Å². The standard InChI is InChI=1S/C21H30FN3O4/c1-21(2,3)29-20(28)23-10-7-18(26)24-17-8-11-25(12-9-17)19(27)14-15-5-4-6-16(22)13-15/h4-6,13,17H,7-12,14H2,1-3H3,(H,23,28)(H,24,26). The molecule has 0 unspecified atom stereocenters. The predicted molar refractivity (Wildman–Crippen MR) is 107 cm³/mol. The van der Waals surface area contributed by atoms with Gasteiger partial charge < -0.3 is 20.3 Å². The number of rotatable bonds is 6. The smallest absolute Gasteiger partial charge is 0.407 e. The van der Waals surface area contributed by atoms with Crippen LogP contribution in [0.25, 0.3) is 0 Å². The molecule has 1 aliphatic rings. The first-order chi connectivity index (χ1) is 13.6. The number of nitrogens with one attached hydrogen (secondary N) is 2. The van der Waals surface area contributed by atoms with Gasteiger partial charge in [0.15, 0.2) is 0 Å². The minimum absolute atomic E-state index is 0.00208. The molecule has 1 aromatic rings. The van der Waals surface area contributed by atoms with Crippen molar-refractivity contribution in [3.05, 3.63) is 35.6 Å². The van der Waals surface area contributed by atoms with Crippen LogP contribution in [-0.2, 0) is 20.7 Å². The average Bonchev–Trinajstić information content (AvgIpc) is 2.60. The number of likely N-dealkylation sites (tertiary alicyclic amines) is 1. The van der Waals surface area contributed by atoms with Crippen molar-refractivity contribution in [3.63, 3.8) is 0 Å². The van der Waals surface area contributed by atoms with Crippen LogP contribution in [-0.4, -0.2) is 54.1 Å². The molecule has 0 bridgehead atoms. The van der Waals surface area contributed by atoms with Crippen molar-refractivity contribution in [2.24, 2.45) is 0 Å². The first kappa shape index (κ1) is 22.6. The average molecular weight is 407 g/mol. The van der Waals surface area contributed by atoms with E-state index in [0.29, 0.717) is 31.5 Å². The second kappa shape index (κ2) is 10.2. The summed E-state index contributed by atoms with van der Waals surface area (Å²) in [5, 5.41) is 5.49. The van der Waals surface area contributed by atoms with Gasteiger partial charge in [0.2, 0.25) is 11.8 Å². The highest BCUT2D eigenvalue weighted by Gasteiger charge is 2.24. The lowest BCUT2D eigenvalue weighted by molar-refractivity contribution is -0.131. The fourth-order valence-corrected chi connectivity index (χ4v) is 3.10. The van der Waals surface area contributed by atoms with Gasteiger partial charge in [0.05, 0.1) is 6.42 Å². The second-order valence-electron chi connectivity index (χ2n) is 8.21. The lowest BCUT2D eigenvalue weighted by Crippen LogP contribution is -2.47. The van der Waals surface area contributed by atoms with Gasteiger partial charge in [-0.1, -0.05) is 12.1 Å². The van der Waals surface area contributed by atoms with Crippen LogP contribution in [0.5, 0.6) is 0 Å². The molecule has 0 aliphatic carbocycles. The van der Waals surface area contributed by atoms with Crippen LogP contribution < -0.4 is 10.6 Å². The van der Waals surface area contributed by atoms with E-state index in [4.69, 9.17) is 4.74 Å².